The lowest BCUT2D eigenvalue weighted by Gasteiger charge is -2.18. The molecule has 0 saturated heterocycles. The van der Waals surface area contributed by atoms with E-state index in [1.54, 1.807) is 30.7 Å². The Morgan fingerprint density at radius 2 is 2.42 bits per heavy atom. The van der Waals surface area contributed by atoms with Gasteiger partial charge in [0.2, 0.25) is 0 Å². The van der Waals surface area contributed by atoms with Gasteiger partial charge in [-0.1, -0.05) is 22.7 Å². The molecule has 9 heteroatoms. The normalized spacial score (nSPS) is 11.0. The maximum atomic E-state index is 12.6. The van der Waals surface area contributed by atoms with E-state index < -0.39 is 5.91 Å². The number of aromatic nitrogens is 3. The van der Waals surface area contributed by atoms with Gasteiger partial charge >= 0.3 is 0 Å². The first-order chi connectivity index (χ1) is 11.6. The molecule has 0 bridgehead atoms. The monoisotopic (exact) mass is 363 g/mol. The van der Waals surface area contributed by atoms with Gasteiger partial charge in [-0.15, -0.1) is 6.42 Å². The van der Waals surface area contributed by atoms with Crippen molar-refractivity contribution in [2.75, 3.05) is 24.3 Å². The Balaban J connectivity index is 2.42. The Kier molecular flexibility index (Phi) is 6.23. The van der Waals surface area contributed by atoms with E-state index in [9.17, 15) is 4.79 Å². The third-order valence-corrected chi connectivity index (χ3v) is 3.51. The lowest BCUT2D eigenvalue weighted by molar-refractivity contribution is -0.112. The fourth-order valence-corrected chi connectivity index (χ4v) is 2.33. The van der Waals surface area contributed by atoms with Crippen LogP contribution < -0.4 is 4.90 Å². The van der Waals surface area contributed by atoms with Crippen LogP contribution in [0, 0.1) is 12.3 Å². The molecular formula is C15H14ClN5O2S. The molecule has 0 aliphatic carbocycles. The number of oxime groups is 1. The summed E-state index contributed by atoms with van der Waals surface area (Å²) >= 11 is 10.3. The van der Waals surface area contributed by atoms with Crippen LogP contribution in [0.3, 0.4) is 0 Å². The SMILES string of the molecule is C#CCN(C(=O)/C(CS)=N/OC)c1cn(-c2cccnc2)nc1Cl. The van der Waals surface area contributed by atoms with Gasteiger partial charge in [0, 0.05) is 11.9 Å². The number of anilines is 1. The highest BCUT2D eigenvalue weighted by atomic mass is 35.5. The van der Waals surface area contributed by atoms with E-state index in [1.165, 1.54) is 16.7 Å². The summed E-state index contributed by atoms with van der Waals surface area (Å²) < 4.78 is 1.51. The minimum Gasteiger partial charge on any atom is -0.399 e. The predicted octanol–water partition coefficient (Wildman–Crippen LogP) is 1.82. The molecule has 2 aromatic rings. The van der Waals surface area contributed by atoms with Gasteiger partial charge in [0.05, 0.1) is 24.6 Å². The van der Waals surface area contributed by atoms with Crippen molar-refractivity contribution in [3.63, 3.8) is 0 Å². The van der Waals surface area contributed by atoms with Gasteiger partial charge in [0.25, 0.3) is 5.91 Å². The average Bonchev–Trinajstić information content (AvgIpc) is 2.99. The first-order valence-electron chi connectivity index (χ1n) is 6.74. The zero-order valence-electron chi connectivity index (χ0n) is 12.8. The predicted molar refractivity (Wildman–Crippen MR) is 95.9 cm³/mol. The first-order valence-corrected chi connectivity index (χ1v) is 7.75. The van der Waals surface area contributed by atoms with Gasteiger partial charge in [0.1, 0.15) is 12.8 Å². The van der Waals surface area contributed by atoms with Crippen LogP contribution in [-0.4, -0.2) is 45.8 Å². The van der Waals surface area contributed by atoms with Gasteiger partial charge in [0.15, 0.2) is 10.9 Å². The number of nitrogens with zero attached hydrogens (tertiary/aromatic N) is 5. The molecule has 2 aromatic heterocycles. The molecule has 24 heavy (non-hydrogen) atoms. The summed E-state index contributed by atoms with van der Waals surface area (Å²) in [5.74, 6) is 2.05. The number of hydrogen-bond donors (Lipinski definition) is 1. The molecule has 1 amide bonds. The second-order valence-corrected chi connectivity index (χ2v) is 5.11. The number of halogens is 1. The summed E-state index contributed by atoms with van der Waals surface area (Å²) in [5, 5.41) is 7.98. The number of pyridine rings is 1. The second kappa shape index (κ2) is 8.38. The second-order valence-electron chi connectivity index (χ2n) is 4.44. The third kappa shape index (κ3) is 3.88. The highest BCUT2D eigenvalue weighted by molar-refractivity contribution is 7.81. The topological polar surface area (TPSA) is 72.6 Å². The maximum absolute atomic E-state index is 12.6. The molecule has 2 heterocycles. The van der Waals surface area contributed by atoms with Crippen molar-refractivity contribution in [2.45, 2.75) is 0 Å². The van der Waals surface area contributed by atoms with Crippen molar-refractivity contribution in [3.8, 4) is 18.0 Å². The van der Waals surface area contributed by atoms with Crippen LogP contribution in [0.25, 0.3) is 5.69 Å². The smallest absolute Gasteiger partial charge is 0.277 e. The van der Waals surface area contributed by atoms with Crippen LogP contribution in [0.4, 0.5) is 5.69 Å². The Bertz CT molecular complexity index is 785. The Hall–Kier alpha value is -2.50. The molecular weight excluding hydrogens is 350 g/mol. The van der Waals surface area contributed by atoms with Crippen LogP contribution >= 0.6 is 24.2 Å². The summed E-state index contributed by atoms with van der Waals surface area (Å²) in [5.41, 5.74) is 1.15. The van der Waals surface area contributed by atoms with Crippen molar-refractivity contribution >= 4 is 41.5 Å². The molecule has 0 spiro atoms. The van der Waals surface area contributed by atoms with E-state index in [-0.39, 0.29) is 23.2 Å². The molecule has 0 radical (unpaired) electrons. The van der Waals surface area contributed by atoms with Crippen LogP contribution in [0.15, 0.2) is 35.9 Å². The van der Waals surface area contributed by atoms with Crippen molar-refractivity contribution in [3.05, 3.63) is 35.9 Å². The third-order valence-electron chi connectivity index (χ3n) is 2.95. The van der Waals surface area contributed by atoms with E-state index in [1.807, 2.05) is 0 Å². The molecule has 0 aliphatic heterocycles. The van der Waals surface area contributed by atoms with Gasteiger partial charge in [-0.05, 0) is 12.1 Å². The zero-order chi connectivity index (χ0) is 17.5. The van der Waals surface area contributed by atoms with Crippen LogP contribution in [0.1, 0.15) is 0 Å². The molecule has 0 atom stereocenters. The molecule has 0 saturated carbocycles. The highest BCUT2D eigenvalue weighted by Crippen LogP contribution is 2.26. The fraction of sp³-hybridized carbons (Fsp3) is 0.200. The van der Waals surface area contributed by atoms with Gasteiger partial charge in [-0.3, -0.25) is 14.7 Å². The van der Waals surface area contributed by atoms with Gasteiger partial charge in [-0.25, -0.2) is 4.68 Å². The van der Waals surface area contributed by atoms with Crippen LogP contribution in [0.5, 0.6) is 0 Å². The molecule has 0 N–H and O–H groups in total. The molecule has 0 aliphatic rings. The Labute approximate surface area is 149 Å². The quantitative estimate of drug-likeness (QED) is 0.368. The molecule has 0 fully saturated rings. The van der Waals surface area contributed by atoms with E-state index in [0.29, 0.717) is 11.4 Å². The zero-order valence-corrected chi connectivity index (χ0v) is 14.4. The van der Waals surface area contributed by atoms with Crippen LogP contribution in [0.2, 0.25) is 5.15 Å². The number of thiol groups is 1. The van der Waals surface area contributed by atoms with Gasteiger partial charge in [-0.2, -0.15) is 17.7 Å². The fourth-order valence-electron chi connectivity index (χ4n) is 1.91. The lowest BCUT2D eigenvalue weighted by Crippen LogP contribution is -2.38. The number of carbonyl (C=O) groups is 1. The molecule has 124 valence electrons. The van der Waals surface area contributed by atoms with Crippen molar-refractivity contribution in [2.24, 2.45) is 5.16 Å². The number of amides is 1. The minimum absolute atomic E-state index is 0.00615. The Morgan fingerprint density at radius 1 is 1.62 bits per heavy atom. The molecule has 0 unspecified atom stereocenters. The number of carbonyl (C=O) groups excluding carboxylic acids is 1. The van der Waals surface area contributed by atoms with Crippen molar-refractivity contribution in [1.82, 2.24) is 14.8 Å². The average molecular weight is 364 g/mol. The summed E-state index contributed by atoms with van der Waals surface area (Å²) in [4.78, 5) is 22.6. The summed E-state index contributed by atoms with van der Waals surface area (Å²) in [6, 6.07) is 3.57. The summed E-state index contributed by atoms with van der Waals surface area (Å²) in [7, 11) is 1.34. The van der Waals surface area contributed by atoms with E-state index in [2.05, 4.69) is 38.6 Å². The molecule has 2 rings (SSSR count). The van der Waals surface area contributed by atoms with Crippen molar-refractivity contribution < 1.29 is 9.63 Å². The number of terminal acetylenes is 1. The first kappa shape index (κ1) is 17.8. The van der Waals surface area contributed by atoms with E-state index >= 15 is 0 Å². The maximum Gasteiger partial charge on any atom is 0.277 e. The highest BCUT2D eigenvalue weighted by Gasteiger charge is 2.25. The standard InChI is InChI=1S/C15H14ClN5O2S/c1-3-7-20(15(22)12(10-24)19-23-2)13-9-21(18-14(13)16)11-5-4-6-17-8-11/h1,4-6,8-9,24H,7,10H2,2H3/b19-12+. The van der Waals surface area contributed by atoms with E-state index in [0.717, 1.165) is 0 Å². The summed E-state index contributed by atoms with van der Waals surface area (Å²) in [6.45, 7) is -0.00615. The van der Waals surface area contributed by atoms with Gasteiger partial charge < -0.3 is 4.84 Å². The summed E-state index contributed by atoms with van der Waals surface area (Å²) in [6.07, 6.45) is 10.2. The number of hydrogen-bond acceptors (Lipinski definition) is 6. The van der Waals surface area contributed by atoms with E-state index in [4.69, 9.17) is 18.0 Å². The molecule has 0 aromatic carbocycles. The van der Waals surface area contributed by atoms with Crippen LogP contribution in [-0.2, 0) is 9.63 Å². The largest absolute Gasteiger partial charge is 0.399 e. The minimum atomic E-state index is -0.461. The Morgan fingerprint density at radius 3 is 3.00 bits per heavy atom. The number of rotatable bonds is 6. The lowest BCUT2D eigenvalue weighted by atomic mass is 10.3. The molecule has 7 nitrogen and oxygen atoms in total. The van der Waals surface area contributed by atoms with Crippen molar-refractivity contribution in [1.29, 1.82) is 0 Å².